The molecular weight excluding hydrogens is 318 g/mol. The average molecular weight is 337 g/mol. The van der Waals surface area contributed by atoms with Crippen LogP contribution < -0.4 is 0 Å². The van der Waals surface area contributed by atoms with E-state index in [-0.39, 0.29) is 17.9 Å². The van der Waals surface area contributed by atoms with Gasteiger partial charge in [-0.25, -0.2) is 0 Å². The zero-order chi connectivity index (χ0) is 16.7. The van der Waals surface area contributed by atoms with E-state index in [1.165, 1.54) is 0 Å². The van der Waals surface area contributed by atoms with Gasteiger partial charge in [0.15, 0.2) is 0 Å². The highest BCUT2D eigenvalue weighted by Crippen LogP contribution is 2.42. The fraction of sp³-hybridized carbons (Fsp3) is 0.250. The third kappa shape index (κ3) is 2.43. The van der Waals surface area contributed by atoms with Crippen LogP contribution in [-0.4, -0.2) is 29.0 Å². The molecule has 2 aromatic carbocycles. The molecule has 1 aliphatic heterocycles. The molecule has 122 valence electrons. The lowest BCUT2D eigenvalue weighted by molar-refractivity contribution is -0.128. The largest absolute Gasteiger partial charge is 0.386 e. The topological polar surface area (TPSA) is 40.5 Å². The zero-order valence-electron chi connectivity index (χ0n) is 13.4. The lowest BCUT2D eigenvalue weighted by atomic mass is 9.86. The summed E-state index contributed by atoms with van der Waals surface area (Å²) in [5.41, 5.74) is 2.03. The van der Waals surface area contributed by atoms with Crippen molar-refractivity contribution >= 4 is 27.3 Å². The Labute approximate surface area is 145 Å². The van der Waals surface area contributed by atoms with Crippen molar-refractivity contribution in [3.8, 4) is 0 Å². The summed E-state index contributed by atoms with van der Waals surface area (Å²) in [7, 11) is 1.80. The summed E-state index contributed by atoms with van der Waals surface area (Å²) in [6.45, 7) is 0. The van der Waals surface area contributed by atoms with Crippen molar-refractivity contribution in [2.45, 2.75) is 24.5 Å². The van der Waals surface area contributed by atoms with E-state index in [0.717, 1.165) is 21.2 Å². The van der Waals surface area contributed by atoms with E-state index in [2.05, 4.69) is 6.07 Å². The van der Waals surface area contributed by atoms with Crippen LogP contribution in [0, 0.1) is 0 Å². The standard InChI is InChI=1S/C20H19NO2S/c1-21-18(22)11-15(13-7-3-2-4-8-13)19(21)20(23)16-12-24-17-10-6-5-9-14(16)17/h2-10,12,15,19-20,23H,11H2,1H3/t15-,19-,20+/m1/s1. The molecule has 0 bridgehead atoms. The summed E-state index contributed by atoms with van der Waals surface area (Å²) in [4.78, 5) is 14.0. The highest BCUT2D eigenvalue weighted by Gasteiger charge is 2.43. The molecule has 1 fully saturated rings. The molecule has 1 amide bonds. The van der Waals surface area contributed by atoms with Crippen molar-refractivity contribution in [1.29, 1.82) is 0 Å². The maximum absolute atomic E-state index is 12.3. The van der Waals surface area contributed by atoms with Gasteiger partial charge in [0.1, 0.15) is 6.10 Å². The fourth-order valence-corrected chi connectivity index (χ4v) is 4.74. The number of carbonyl (C=O) groups excluding carboxylic acids is 1. The van der Waals surface area contributed by atoms with Gasteiger partial charge in [0, 0.05) is 29.6 Å². The molecule has 3 atom stereocenters. The van der Waals surface area contributed by atoms with Crippen LogP contribution in [0.15, 0.2) is 60.0 Å². The number of nitrogens with zero attached hydrogens (tertiary/aromatic N) is 1. The molecule has 4 rings (SSSR count). The molecule has 0 aliphatic carbocycles. The van der Waals surface area contributed by atoms with E-state index >= 15 is 0 Å². The minimum Gasteiger partial charge on any atom is -0.386 e. The number of fused-ring (bicyclic) bond motifs is 1. The lowest BCUT2D eigenvalue weighted by Gasteiger charge is -2.30. The average Bonchev–Trinajstić information content (AvgIpc) is 3.17. The van der Waals surface area contributed by atoms with Gasteiger partial charge in [-0.15, -0.1) is 11.3 Å². The van der Waals surface area contributed by atoms with E-state index in [9.17, 15) is 9.90 Å². The number of benzene rings is 2. The molecule has 0 radical (unpaired) electrons. The second-order valence-electron chi connectivity index (χ2n) is 6.35. The second-order valence-corrected chi connectivity index (χ2v) is 7.26. The SMILES string of the molecule is CN1C(=O)C[C@H](c2ccccc2)[C@@H]1[C@@H](O)c1csc2ccccc12. The Morgan fingerprint density at radius 1 is 1.12 bits per heavy atom. The molecule has 3 aromatic rings. The molecule has 3 nitrogen and oxygen atoms in total. The van der Waals surface area contributed by atoms with Gasteiger partial charge in [0.05, 0.1) is 6.04 Å². The maximum Gasteiger partial charge on any atom is 0.223 e. The van der Waals surface area contributed by atoms with Gasteiger partial charge < -0.3 is 10.0 Å². The third-order valence-corrected chi connectivity index (χ3v) is 6.01. The summed E-state index contributed by atoms with van der Waals surface area (Å²) in [6, 6.07) is 17.9. The Balaban J connectivity index is 1.76. The van der Waals surface area contributed by atoms with Crippen LogP contribution >= 0.6 is 11.3 Å². The molecule has 2 heterocycles. The van der Waals surface area contributed by atoms with Crippen molar-refractivity contribution < 1.29 is 9.90 Å². The number of amides is 1. The first-order valence-electron chi connectivity index (χ1n) is 8.11. The molecule has 1 aliphatic rings. The quantitative estimate of drug-likeness (QED) is 0.786. The van der Waals surface area contributed by atoms with Gasteiger partial charge in [0.2, 0.25) is 5.91 Å². The zero-order valence-corrected chi connectivity index (χ0v) is 14.2. The fourth-order valence-electron chi connectivity index (χ4n) is 3.75. The van der Waals surface area contributed by atoms with Gasteiger partial charge in [0.25, 0.3) is 0 Å². The van der Waals surface area contributed by atoms with E-state index in [1.807, 2.05) is 53.9 Å². The Hall–Kier alpha value is -2.17. The highest BCUT2D eigenvalue weighted by atomic mass is 32.1. The molecule has 0 saturated carbocycles. The van der Waals surface area contributed by atoms with E-state index in [0.29, 0.717) is 6.42 Å². The van der Waals surface area contributed by atoms with Gasteiger partial charge in [-0.3, -0.25) is 4.79 Å². The van der Waals surface area contributed by atoms with Gasteiger partial charge in [-0.2, -0.15) is 0 Å². The van der Waals surface area contributed by atoms with Crippen LogP contribution in [0.3, 0.4) is 0 Å². The Kier molecular flexibility index (Phi) is 3.87. The van der Waals surface area contributed by atoms with Crippen LogP contribution in [-0.2, 0) is 4.79 Å². The summed E-state index contributed by atoms with van der Waals surface area (Å²) in [6.07, 6.45) is -0.243. The van der Waals surface area contributed by atoms with Crippen LogP contribution in [0.5, 0.6) is 0 Å². The molecule has 0 unspecified atom stereocenters. The van der Waals surface area contributed by atoms with Gasteiger partial charge in [-0.1, -0.05) is 48.5 Å². The lowest BCUT2D eigenvalue weighted by Crippen LogP contribution is -2.36. The molecule has 1 aromatic heterocycles. The summed E-state index contributed by atoms with van der Waals surface area (Å²) in [5.74, 6) is 0.102. The van der Waals surface area contributed by atoms with Crippen molar-refractivity contribution in [2.75, 3.05) is 7.05 Å². The second kappa shape index (κ2) is 6.04. The molecular formula is C20H19NO2S. The first kappa shape index (κ1) is 15.4. The Morgan fingerprint density at radius 3 is 2.62 bits per heavy atom. The van der Waals surface area contributed by atoms with E-state index in [1.54, 1.807) is 23.3 Å². The molecule has 24 heavy (non-hydrogen) atoms. The normalized spacial score (nSPS) is 22.2. The summed E-state index contributed by atoms with van der Waals surface area (Å²) in [5, 5.41) is 14.2. The number of likely N-dealkylation sites (tertiary alicyclic amines) is 1. The predicted molar refractivity (Wildman–Crippen MR) is 97.1 cm³/mol. The van der Waals surface area contributed by atoms with Crippen molar-refractivity contribution in [2.24, 2.45) is 0 Å². The first-order chi connectivity index (χ1) is 11.7. The van der Waals surface area contributed by atoms with E-state index in [4.69, 9.17) is 0 Å². The Morgan fingerprint density at radius 2 is 1.83 bits per heavy atom. The number of hydrogen-bond donors (Lipinski definition) is 1. The highest BCUT2D eigenvalue weighted by molar-refractivity contribution is 7.17. The summed E-state index contributed by atoms with van der Waals surface area (Å²) < 4.78 is 1.16. The monoisotopic (exact) mass is 337 g/mol. The number of rotatable bonds is 3. The number of hydrogen-bond acceptors (Lipinski definition) is 3. The minimum atomic E-state index is -0.692. The molecule has 4 heteroatoms. The third-order valence-electron chi connectivity index (χ3n) is 5.03. The molecule has 1 N–H and O–H groups in total. The molecule has 0 spiro atoms. The van der Waals surface area contributed by atoms with Gasteiger partial charge >= 0.3 is 0 Å². The minimum absolute atomic E-state index is 0.0114. The van der Waals surface area contributed by atoms with Crippen LogP contribution in [0.4, 0.5) is 0 Å². The number of carbonyl (C=O) groups is 1. The summed E-state index contributed by atoms with van der Waals surface area (Å²) >= 11 is 1.64. The van der Waals surface area contributed by atoms with Crippen LogP contribution in [0.2, 0.25) is 0 Å². The number of aliphatic hydroxyl groups excluding tert-OH is 1. The molecule has 1 saturated heterocycles. The number of thiophene rings is 1. The maximum atomic E-state index is 12.3. The van der Waals surface area contributed by atoms with Crippen molar-refractivity contribution in [1.82, 2.24) is 4.90 Å². The van der Waals surface area contributed by atoms with Crippen molar-refractivity contribution in [3.63, 3.8) is 0 Å². The van der Waals surface area contributed by atoms with E-state index < -0.39 is 6.10 Å². The predicted octanol–water partition coefficient (Wildman–Crippen LogP) is 3.95. The Bertz CT molecular complexity index is 873. The number of aliphatic hydroxyl groups is 1. The van der Waals surface area contributed by atoms with Crippen molar-refractivity contribution in [3.05, 3.63) is 71.1 Å². The number of likely N-dealkylation sites (N-methyl/N-ethyl adjacent to an activating group) is 1. The smallest absolute Gasteiger partial charge is 0.223 e. The van der Waals surface area contributed by atoms with Crippen LogP contribution in [0.1, 0.15) is 29.6 Å². The van der Waals surface area contributed by atoms with Gasteiger partial charge in [-0.05, 0) is 22.4 Å². The first-order valence-corrected chi connectivity index (χ1v) is 8.99. The van der Waals surface area contributed by atoms with Crippen LogP contribution in [0.25, 0.3) is 10.1 Å².